The highest BCUT2D eigenvalue weighted by molar-refractivity contribution is 5.12. The van der Waals surface area contributed by atoms with Crippen LogP contribution in [0.3, 0.4) is 0 Å². The minimum Gasteiger partial charge on any atom is -0.393 e. The monoisotopic (exact) mass is 284 g/mol. The van der Waals surface area contributed by atoms with E-state index >= 15 is 0 Å². The van der Waals surface area contributed by atoms with Crippen LogP contribution >= 0.6 is 0 Å². The number of fused-ring (bicyclic) bond motifs is 2. The number of aromatic amines is 1. The molecule has 1 aromatic rings. The van der Waals surface area contributed by atoms with Gasteiger partial charge in [0.15, 0.2) is 6.23 Å². The molecule has 2 saturated heterocycles. The fraction of sp³-hybridized carbons (Fsp3) is 0.667. The highest BCUT2D eigenvalue weighted by atomic mass is 16.7. The van der Waals surface area contributed by atoms with Crippen LogP contribution in [0, 0.1) is 6.92 Å². The molecule has 20 heavy (non-hydrogen) atoms. The maximum atomic E-state index is 11.9. The van der Waals surface area contributed by atoms with Gasteiger partial charge in [0.2, 0.25) is 0 Å². The second-order valence-electron chi connectivity index (χ2n) is 5.29. The Bertz CT molecular complexity index is 652. The van der Waals surface area contributed by atoms with Gasteiger partial charge >= 0.3 is 5.69 Å². The molecule has 0 unspecified atom stereocenters. The van der Waals surface area contributed by atoms with Crippen molar-refractivity contribution in [2.24, 2.45) is 0 Å². The van der Waals surface area contributed by atoms with Gasteiger partial charge in [0.1, 0.15) is 17.8 Å². The lowest BCUT2D eigenvalue weighted by molar-refractivity contribution is -0.218. The summed E-state index contributed by atoms with van der Waals surface area (Å²) in [5, 5.41) is 19.7. The van der Waals surface area contributed by atoms with E-state index in [0.29, 0.717) is 5.56 Å². The molecule has 1 aromatic heterocycles. The van der Waals surface area contributed by atoms with E-state index in [0.717, 1.165) is 0 Å². The number of ether oxygens (including phenoxy) is 2. The molecule has 3 N–H and O–H groups in total. The van der Waals surface area contributed by atoms with Crippen LogP contribution < -0.4 is 11.2 Å². The van der Waals surface area contributed by atoms with E-state index in [2.05, 4.69) is 4.98 Å². The quantitative estimate of drug-likeness (QED) is 0.593. The standard InChI is InChI=1S/C12H16N2O6/c1-5-3-14(11(18)13-9(5)17)10-7-8(16)12(4-15,20-10)6(2)19-7/h3,6-8,10,15-16H,4H2,1-2H3,(H,13,17,18)/t6-,7-,8+,10-,12+/m1/s1. The Morgan fingerprint density at radius 3 is 2.80 bits per heavy atom. The topological polar surface area (TPSA) is 114 Å². The van der Waals surface area contributed by atoms with Gasteiger partial charge in [0.25, 0.3) is 5.56 Å². The fourth-order valence-electron chi connectivity index (χ4n) is 2.87. The predicted molar refractivity (Wildman–Crippen MR) is 66.3 cm³/mol. The lowest BCUT2D eigenvalue weighted by atomic mass is 9.95. The van der Waals surface area contributed by atoms with Crippen molar-refractivity contribution in [2.75, 3.05) is 6.61 Å². The number of H-pyrrole nitrogens is 1. The van der Waals surface area contributed by atoms with E-state index in [1.54, 1.807) is 13.8 Å². The Morgan fingerprint density at radius 2 is 2.20 bits per heavy atom. The number of nitrogens with zero attached hydrogens (tertiary/aromatic N) is 1. The summed E-state index contributed by atoms with van der Waals surface area (Å²) in [5.74, 6) is 0. The molecule has 5 atom stereocenters. The maximum absolute atomic E-state index is 11.9. The van der Waals surface area contributed by atoms with Crippen molar-refractivity contribution in [3.63, 3.8) is 0 Å². The zero-order chi connectivity index (χ0) is 14.7. The third-order valence-electron chi connectivity index (χ3n) is 4.15. The first-order valence-corrected chi connectivity index (χ1v) is 6.35. The third kappa shape index (κ3) is 1.56. The number of aryl methyl sites for hydroxylation is 1. The maximum Gasteiger partial charge on any atom is 0.330 e. The molecule has 110 valence electrons. The largest absolute Gasteiger partial charge is 0.393 e. The van der Waals surface area contributed by atoms with Gasteiger partial charge in [0.05, 0.1) is 12.7 Å². The van der Waals surface area contributed by atoms with Crippen LogP contribution in [0.25, 0.3) is 0 Å². The first-order chi connectivity index (χ1) is 9.40. The lowest BCUT2D eigenvalue weighted by Gasteiger charge is -2.34. The van der Waals surface area contributed by atoms with Crippen LogP contribution in [0.4, 0.5) is 0 Å². The Kier molecular flexibility index (Phi) is 2.87. The fourth-order valence-corrected chi connectivity index (χ4v) is 2.87. The van der Waals surface area contributed by atoms with E-state index < -0.39 is 48.0 Å². The van der Waals surface area contributed by atoms with Gasteiger partial charge in [-0.15, -0.1) is 0 Å². The Morgan fingerprint density at radius 1 is 1.50 bits per heavy atom. The van der Waals surface area contributed by atoms with Gasteiger partial charge < -0.3 is 19.7 Å². The molecule has 2 aliphatic rings. The lowest BCUT2D eigenvalue weighted by Crippen LogP contribution is -2.50. The van der Waals surface area contributed by atoms with Crippen molar-refractivity contribution in [3.05, 3.63) is 32.6 Å². The molecule has 2 fully saturated rings. The second-order valence-corrected chi connectivity index (χ2v) is 5.29. The molecule has 8 nitrogen and oxygen atoms in total. The van der Waals surface area contributed by atoms with Crippen molar-refractivity contribution >= 4 is 0 Å². The Balaban J connectivity index is 2.05. The molecule has 0 radical (unpaired) electrons. The Hall–Kier alpha value is -1.48. The summed E-state index contributed by atoms with van der Waals surface area (Å²) in [6.45, 7) is 2.83. The minimum absolute atomic E-state index is 0.344. The summed E-state index contributed by atoms with van der Waals surface area (Å²) in [6, 6.07) is 0. The number of aliphatic hydroxyl groups excluding tert-OH is 2. The normalized spacial score (nSPS) is 39.4. The zero-order valence-corrected chi connectivity index (χ0v) is 11.1. The van der Waals surface area contributed by atoms with Crippen molar-refractivity contribution in [2.45, 2.75) is 44.0 Å². The molecule has 2 aliphatic heterocycles. The van der Waals surface area contributed by atoms with E-state index in [4.69, 9.17) is 9.47 Å². The molecular formula is C12H16N2O6. The van der Waals surface area contributed by atoms with Gasteiger partial charge in [0, 0.05) is 11.8 Å². The molecule has 2 bridgehead atoms. The molecule has 3 heterocycles. The third-order valence-corrected chi connectivity index (χ3v) is 4.15. The van der Waals surface area contributed by atoms with Crippen LogP contribution in [0.2, 0.25) is 0 Å². The first-order valence-electron chi connectivity index (χ1n) is 6.35. The van der Waals surface area contributed by atoms with Crippen molar-refractivity contribution in [1.29, 1.82) is 0 Å². The molecule has 0 aliphatic carbocycles. The zero-order valence-electron chi connectivity index (χ0n) is 11.1. The van der Waals surface area contributed by atoms with Gasteiger partial charge in [-0.25, -0.2) is 4.79 Å². The molecule has 0 spiro atoms. The molecule has 8 heteroatoms. The van der Waals surface area contributed by atoms with Gasteiger partial charge in [-0.1, -0.05) is 0 Å². The SMILES string of the molecule is Cc1cn([C@@H]2O[C@@]3(CO)[C@@H](C)O[C@@H]2[C@@H]3O)c(=O)[nH]c1=O. The summed E-state index contributed by atoms with van der Waals surface area (Å²) >= 11 is 0. The number of rotatable bonds is 2. The average Bonchev–Trinajstić information content (AvgIpc) is 2.81. The van der Waals surface area contributed by atoms with Crippen LogP contribution in [-0.4, -0.2) is 50.3 Å². The van der Waals surface area contributed by atoms with E-state index in [9.17, 15) is 19.8 Å². The van der Waals surface area contributed by atoms with E-state index in [-0.39, 0.29) is 0 Å². The van der Waals surface area contributed by atoms with Gasteiger partial charge in [-0.05, 0) is 13.8 Å². The number of nitrogens with one attached hydrogen (secondary N) is 1. The van der Waals surface area contributed by atoms with E-state index in [1.807, 2.05) is 0 Å². The number of aliphatic hydroxyl groups is 2. The van der Waals surface area contributed by atoms with Crippen LogP contribution in [0.5, 0.6) is 0 Å². The van der Waals surface area contributed by atoms with Gasteiger partial charge in [-0.2, -0.15) is 0 Å². The summed E-state index contributed by atoms with van der Waals surface area (Å²) in [5.41, 5.74) is -2.01. The molecular weight excluding hydrogens is 268 g/mol. The number of hydrogen-bond donors (Lipinski definition) is 3. The van der Waals surface area contributed by atoms with Crippen molar-refractivity contribution < 1.29 is 19.7 Å². The smallest absolute Gasteiger partial charge is 0.330 e. The number of aromatic nitrogens is 2. The second kappa shape index (κ2) is 4.26. The Labute approximate surface area is 113 Å². The summed E-state index contributed by atoms with van der Waals surface area (Å²) in [4.78, 5) is 25.4. The van der Waals surface area contributed by atoms with Crippen molar-refractivity contribution in [1.82, 2.24) is 9.55 Å². The van der Waals surface area contributed by atoms with Crippen molar-refractivity contribution in [3.8, 4) is 0 Å². The highest BCUT2D eigenvalue weighted by Gasteiger charge is 2.65. The first kappa shape index (κ1) is 13.5. The van der Waals surface area contributed by atoms with Crippen LogP contribution in [-0.2, 0) is 9.47 Å². The average molecular weight is 284 g/mol. The summed E-state index contributed by atoms with van der Waals surface area (Å²) in [6.07, 6.45) is -1.80. The van der Waals surface area contributed by atoms with Gasteiger partial charge in [-0.3, -0.25) is 14.3 Å². The molecule has 0 aromatic carbocycles. The minimum atomic E-state index is -1.24. The van der Waals surface area contributed by atoms with Crippen LogP contribution in [0.15, 0.2) is 15.8 Å². The predicted octanol–water partition coefficient (Wildman–Crippen LogP) is -1.75. The molecule has 3 rings (SSSR count). The summed E-state index contributed by atoms with van der Waals surface area (Å²) < 4.78 is 12.4. The number of hydrogen-bond acceptors (Lipinski definition) is 6. The summed E-state index contributed by atoms with van der Waals surface area (Å²) in [7, 11) is 0. The van der Waals surface area contributed by atoms with E-state index in [1.165, 1.54) is 10.8 Å². The molecule has 0 saturated carbocycles. The highest BCUT2D eigenvalue weighted by Crippen LogP contribution is 2.47. The van der Waals surface area contributed by atoms with Crippen LogP contribution in [0.1, 0.15) is 18.7 Å². The molecule has 0 amide bonds.